The van der Waals surface area contributed by atoms with Crippen LogP contribution in [0.2, 0.25) is 0 Å². The highest BCUT2D eigenvalue weighted by molar-refractivity contribution is 5.78. The van der Waals surface area contributed by atoms with Gasteiger partial charge in [-0.1, -0.05) is 42.0 Å². The first-order valence-corrected chi connectivity index (χ1v) is 7.47. The predicted molar refractivity (Wildman–Crippen MR) is 89.0 cm³/mol. The highest BCUT2D eigenvalue weighted by Crippen LogP contribution is 2.20. The summed E-state index contributed by atoms with van der Waals surface area (Å²) < 4.78 is 5.50. The molecular weight excluding hydrogens is 288 g/mol. The number of likely N-dealkylation sites (N-methyl/N-ethyl adjacent to an activating group) is 1. The van der Waals surface area contributed by atoms with E-state index in [4.69, 9.17) is 10.00 Å². The number of nitrogens with zero attached hydrogens (tertiary/aromatic N) is 2. The Hall–Kier alpha value is -2.80. The molecule has 0 bridgehead atoms. The molecule has 1 atom stereocenters. The molecular formula is C19H20N2O2. The molecule has 0 heterocycles. The maximum absolute atomic E-state index is 12.3. The summed E-state index contributed by atoms with van der Waals surface area (Å²) in [6.45, 7) is 3.92. The minimum atomic E-state index is -0.134. The Morgan fingerprint density at radius 3 is 2.52 bits per heavy atom. The molecule has 118 valence electrons. The van der Waals surface area contributed by atoms with Crippen LogP contribution in [0.15, 0.2) is 48.5 Å². The van der Waals surface area contributed by atoms with Gasteiger partial charge in [-0.15, -0.1) is 0 Å². The molecule has 4 heteroatoms. The van der Waals surface area contributed by atoms with E-state index in [1.54, 1.807) is 36.2 Å². The Bertz CT molecular complexity index is 717. The molecule has 0 aliphatic heterocycles. The van der Waals surface area contributed by atoms with Gasteiger partial charge in [-0.2, -0.15) is 5.26 Å². The Kier molecular flexibility index (Phi) is 5.37. The quantitative estimate of drug-likeness (QED) is 0.850. The number of rotatable bonds is 5. The Morgan fingerprint density at radius 2 is 1.87 bits per heavy atom. The van der Waals surface area contributed by atoms with Crippen molar-refractivity contribution in [2.45, 2.75) is 19.9 Å². The number of amides is 1. The van der Waals surface area contributed by atoms with Crippen molar-refractivity contribution >= 4 is 5.91 Å². The normalized spacial score (nSPS) is 11.4. The highest BCUT2D eigenvalue weighted by atomic mass is 16.5. The average molecular weight is 308 g/mol. The molecule has 2 aromatic carbocycles. The van der Waals surface area contributed by atoms with Crippen LogP contribution in [0.5, 0.6) is 5.75 Å². The summed E-state index contributed by atoms with van der Waals surface area (Å²) in [5.41, 5.74) is 2.68. The minimum Gasteiger partial charge on any atom is -0.482 e. The average Bonchev–Trinajstić information content (AvgIpc) is 2.59. The number of ether oxygens (including phenoxy) is 1. The topological polar surface area (TPSA) is 53.3 Å². The van der Waals surface area contributed by atoms with Crippen LogP contribution in [0, 0.1) is 18.3 Å². The number of benzene rings is 2. The van der Waals surface area contributed by atoms with E-state index in [0.29, 0.717) is 11.3 Å². The van der Waals surface area contributed by atoms with Gasteiger partial charge < -0.3 is 9.64 Å². The molecule has 0 fully saturated rings. The van der Waals surface area contributed by atoms with Crippen molar-refractivity contribution in [1.82, 2.24) is 4.90 Å². The number of hydrogen-bond donors (Lipinski definition) is 0. The summed E-state index contributed by atoms with van der Waals surface area (Å²) in [5, 5.41) is 9.03. The number of nitriles is 1. The number of aryl methyl sites for hydroxylation is 1. The van der Waals surface area contributed by atoms with E-state index in [2.05, 4.69) is 6.07 Å². The Labute approximate surface area is 136 Å². The third-order valence-electron chi connectivity index (χ3n) is 3.89. The summed E-state index contributed by atoms with van der Waals surface area (Å²) in [7, 11) is 1.76. The van der Waals surface area contributed by atoms with Crippen molar-refractivity contribution in [3.63, 3.8) is 0 Å². The van der Waals surface area contributed by atoms with Crippen LogP contribution in [0.4, 0.5) is 0 Å². The van der Waals surface area contributed by atoms with E-state index in [0.717, 1.165) is 5.56 Å². The van der Waals surface area contributed by atoms with Crippen molar-refractivity contribution < 1.29 is 9.53 Å². The van der Waals surface area contributed by atoms with Crippen molar-refractivity contribution in [2.75, 3.05) is 13.7 Å². The first-order chi connectivity index (χ1) is 11.0. The molecule has 0 N–H and O–H groups in total. The van der Waals surface area contributed by atoms with Crippen LogP contribution >= 0.6 is 0 Å². The number of para-hydroxylation sites is 1. The molecule has 2 rings (SSSR count). The number of carbonyl (C=O) groups is 1. The second-order valence-electron chi connectivity index (χ2n) is 5.49. The van der Waals surface area contributed by atoms with E-state index in [-0.39, 0.29) is 18.6 Å². The fourth-order valence-corrected chi connectivity index (χ4v) is 2.21. The first-order valence-electron chi connectivity index (χ1n) is 7.47. The smallest absolute Gasteiger partial charge is 0.260 e. The first kappa shape index (κ1) is 16.6. The number of carbonyl (C=O) groups excluding carboxylic acids is 1. The summed E-state index contributed by atoms with van der Waals surface area (Å²) in [5.74, 6) is 0.297. The van der Waals surface area contributed by atoms with Gasteiger partial charge in [0.1, 0.15) is 11.8 Å². The van der Waals surface area contributed by atoms with Gasteiger partial charge in [-0.05, 0) is 31.5 Å². The zero-order valence-electron chi connectivity index (χ0n) is 13.6. The van der Waals surface area contributed by atoms with E-state index in [1.807, 2.05) is 38.1 Å². The second-order valence-corrected chi connectivity index (χ2v) is 5.49. The summed E-state index contributed by atoms with van der Waals surface area (Å²) in [6.07, 6.45) is 0. The van der Waals surface area contributed by atoms with Gasteiger partial charge in [-0.3, -0.25) is 4.79 Å². The molecule has 4 nitrogen and oxygen atoms in total. The standard InChI is InChI=1S/C19H20N2O2/c1-14-8-10-16(11-9-14)15(2)21(3)19(22)13-23-18-7-5-4-6-17(18)12-20/h4-11,15H,13H2,1-3H3. The van der Waals surface area contributed by atoms with Crippen molar-refractivity contribution in [2.24, 2.45) is 0 Å². The molecule has 0 aliphatic carbocycles. The molecule has 2 aromatic rings. The third kappa shape index (κ3) is 4.10. The molecule has 0 saturated heterocycles. The number of hydrogen-bond acceptors (Lipinski definition) is 3. The van der Waals surface area contributed by atoms with Gasteiger partial charge in [0.05, 0.1) is 11.6 Å². The van der Waals surface area contributed by atoms with Crippen LogP contribution in [-0.4, -0.2) is 24.5 Å². The van der Waals surface area contributed by atoms with E-state index < -0.39 is 0 Å². The van der Waals surface area contributed by atoms with Crippen molar-refractivity contribution in [3.05, 3.63) is 65.2 Å². The van der Waals surface area contributed by atoms with E-state index >= 15 is 0 Å². The lowest BCUT2D eigenvalue weighted by molar-refractivity contribution is -0.134. The lowest BCUT2D eigenvalue weighted by Crippen LogP contribution is -2.33. The molecule has 0 spiro atoms. The van der Waals surface area contributed by atoms with Gasteiger partial charge in [0, 0.05) is 7.05 Å². The van der Waals surface area contributed by atoms with Crippen LogP contribution in [0.1, 0.15) is 29.7 Å². The van der Waals surface area contributed by atoms with Gasteiger partial charge in [0.25, 0.3) is 5.91 Å². The molecule has 0 saturated carbocycles. The van der Waals surface area contributed by atoms with Gasteiger partial charge in [-0.25, -0.2) is 0 Å². The monoisotopic (exact) mass is 308 g/mol. The van der Waals surface area contributed by atoms with E-state index in [1.165, 1.54) is 5.56 Å². The summed E-state index contributed by atoms with van der Waals surface area (Å²) in [4.78, 5) is 14.0. The van der Waals surface area contributed by atoms with E-state index in [9.17, 15) is 4.79 Å². The fourth-order valence-electron chi connectivity index (χ4n) is 2.21. The van der Waals surface area contributed by atoms with Crippen LogP contribution in [-0.2, 0) is 4.79 Å². The zero-order valence-corrected chi connectivity index (χ0v) is 13.6. The van der Waals surface area contributed by atoms with Crippen LogP contribution in [0.25, 0.3) is 0 Å². The zero-order chi connectivity index (χ0) is 16.8. The molecule has 0 aliphatic rings. The maximum Gasteiger partial charge on any atom is 0.260 e. The van der Waals surface area contributed by atoms with Crippen molar-refractivity contribution in [3.8, 4) is 11.8 Å². The Balaban J connectivity index is 2.00. The molecule has 0 aromatic heterocycles. The fraction of sp³-hybridized carbons (Fsp3) is 0.263. The van der Waals surface area contributed by atoms with Crippen molar-refractivity contribution in [1.29, 1.82) is 5.26 Å². The molecule has 1 amide bonds. The Morgan fingerprint density at radius 1 is 1.22 bits per heavy atom. The van der Waals surface area contributed by atoms with Gasteiger partial charge >= 0.3 is 0 Å². The molecule has 0 radical (unpaired) electrons. The lowest BCUT2D eigenvalue weighted by atomic mass is 10.1. The highest BCUT2D eigenvalue weighted by Gasteiger charge is 2.18. The SMILES string of the molecule is Cc1ccc(C(C)N(C)C(=O)COc2ccccc2C#N)cc1. The lowest BCUT2D eigenvalue weighted by Gasteiger charge is -2.25. The third-order valence-corrected chi connectivity index (χ3v) is 3.89. The van der Waals surface area contributed by atoms with Crippen LogP contribution in [0.3, 0.4) is 0 Å². The summed E-state index contributed by atoms with van der Waals surface area (Å²) in [6, 6.07) is 17.0. The predicted octanol–water partition coefficient (Wildman–Crippen LogP) is 3.47. The molecule has 23 heavy (non-hydrogen) atoms. The minimum absolute atomic E-state index is 0.0436. The summed E-state index contributed by atoms with van der Waals surface area (Å²) >= 11 is 0. The molecule has 1 unspecified atom stereocenters. The van der Waals surface area contributed by atoms with Crippen LogP contribution < -0.4 is 4.74 Å². The van der Waals surface area contributed by atoms with Gasteiger partial charge in [0.2, 0.25) is 0 Å². The van der Waals surface area contributed by atoms with Gasteiger partial charge in [0.15, 0.2) is 6.61 Å². The maximum atomic E-state index is 12.3. The largest absolute Gasteiger partial charge is 0.482 e. The second kappa shape index (κ2) is 7.46.